The summed E-state index contributed by atoms with van der Waals surface area (Å²) in [6.07, 6.45) is -3.05. The van der Waals surface area contributed by atoms with Crippen LogP contribution in [0.4, 0.5) is 23.7 Å². The molecule has 1 atom stereocenters. The zero-order valence-electron chi connectivity index (χ0n) is 28.3. The number of piperazine rings is 1. The van der Waals surface area contributed by atoms with Crippen molar-refractivity contribution in [1.29, 1.82) is 0 Å². The van der Waals surface area contributed by atoms with Gasteiger partial charge >= 0.3 is 18.2 Å². The molecule has 2 aliphatic heterocycles. The molecule has 13 heteroatoms. The van der Waals surface area contributed by atoms with Crippen molar-refractivity contribution >= 4 is 34.6 Å². The van der Waals surface area contributed by atoms with Crippen molar-refractivity contribution < 1.29 is 41.8 Å². The van der Waals surface area contributed by atoms with Crippen LogP contribution in [-0.4, -0.2) is 91.1 Å². The summed E-state index contributed by atoms with van der Waals surface area (Å²) in [7, 11) is 2.85. The number of nitrogens with zero attached hydrogens (tertiary/aromatic N) is 4. The third kappa shape index (κ3) is 7.62. The molecule has 1 amide bonds. The van der Waals surface area contributed by atoms with Crippen molar-refractivity contribution in [3.8, 4) is 5.75 Å². The molecule has 10 nitrogen and oxygen atoms in total. The van der Waals surface area contributed by atoms with E-state index < -0.39 is 36.3 Å². The van der Waals surface area contributed by atoms with Crippen molar-refractivity contribution in [2.75, 3.05) is 51.8 Å². The molecule has 0 aliphatic carbocycles. The number of hydrogen-bond donors (Lipinski definition) is 0. The Balaban J connectivity index is 1.57. The van der Waals surface area contributed by atoms with Crippen LogP contribution in [0.3, 0.4) is 0 Å². The number of anilines is 1. The summed E-state index contributed by atoms with van der Waals surface area (Å²) in [5.41, 5.74) is 3.04. The lowest BCUT2D eigenvalue weighted by atomic mass is 9.97. The number of esters is 1. The molecule has 0 spiro atoms. The Labute approximate surface area is 278 Å². The molecule has 3 heterocycles. The molecule has 2 aromatic carbocycles. The van der Waals surface area contributed by atoms with Gasteiger partial charge in [0.15, 0.2) is 0 Å². The lowest BCUT2D eigenvalue weighted by molar-refractivity contribution is -0.139. The standard InChI is InChI=1S/C35H43F3N4O6/c1-22-18-29(46-5)26(24-11-14-42(31(22)24)33(45)48-34(2,3)4)20-40-17-16-39(15-12-35(36,37)38)21-28(40)23-9-10-25(32(44)47-6)27(19-23)41-13-7-8-30(41)43/h9-11,14,18-19,28H,7-8,12-13,15-17,20-21H2,1-6H3/t28-/m1/s1. The van der Waals surface area contributed by atoms with E-state index in [-0.39, 0.29) is 24.6 Å². The smallest absolute Gasteiger partial charge is 0.419 e. The van der Waals surface area contributed by atoms with Gasteiger partial charge in [0, 0.05) is 68.9 Å². The van der Waals surface area contributed by atoms with Gasteiger partial charge in [-0.2, -0.15) is 13.2 Å². The van der Waals surface area contributed by atoms with Crippen LogP contribution in [0.15, 0.2) is 36.5 Å². The van der Waals surface area contributed by atoms with Crippen LogP contribution in [0.2, 0.25) is 0 Å². The number of amides is 1. The maximum atomic E-state index is 13.3. The van der Waals surface area contributed by atoms with Crippen LogP contribution in [-0.2, 0) is 20.8 Å². The van der Waals surface area contributed by atoms with Crippen molar-refractivity contribution in [3.05, 3.63) is 58.8 Å². The van der Waals surface area contributed by atoms with Gasteiger partial charge in [0.1, 0.15) is 11.4 Å². The van der Waals surface area contributed by atoms with Gasteiger partial charge in [-0.15, -0.1) is 0 Å². The summed E-state index contributed by atoms with van der Waals surface area (Å²) < 4.78 is 57.8. The Morgan fingerprint density at radius 2 is 1.77 bits per heavy atom. The molecular formula is C35H43F3N4O6. The highest BCUT2D eigenvalue weighted by atomic mass is 19.4. The largest absolute Gasteiger partial charge is 0.496 e. The predicted molar refractivity (Wildman–Crippen MR) is 174 cm³/mol. The Morgan fingerprint density at radius 3 is 2.40 bits per heavy atom. The molecule has 2 fully saturated rings. The van der Waals surface area contributed by atoms with Gasteiger partial charge in [0.25, 0.3) is 0 Å². The lowest BCUT2D eigenvalue weighted by Crippen LogP contribution is -2.48. The second kappa shape index (κ2) is 13.8. The fourth-order valence-electron chi connectivity index (χ4n) is 6.61. The summed E-state index contributed by atoms with van der Waals surface area (Å²) in [5, 5.41) is 0.792. The van der Waals surface area contributed by atoms with Gasteiger partial charge in [-0.05, 0) is 69.5 Å². The number of fused-ring (bicyclic) bond motifs is 1. The summed E-state index contributed by atoms with van der Waals surface area (Å²) in [4.78, 5) is 44.3. The van der Waals surface area contributed by atoms with Crippen LogP contribution < -0.4 is 9.64 Å². The number of alkyl halides is 3. The molecule has 5 rings (SSSR count). The minimum absolute atomic E-state index is 0.106. The first-order chi connectivity index (χ1) is 22.6. The number of halogens is 3. The number of aryl methyl sites for hydroxylation is 1. The Kier molecular flexibility index (Phi) is 10.1. The monoisotopic (exact) mass is 672 g/mol. The molecule has 48 heavy (non-hydrogen) atoms. The minimum Gasteiger partial charge on any atom is -0.496 e. The van der Waals surface area contributed by atoms with Crippen LogP contribution in [0, 0.1) is 6.92 Å². The topological polar surface area (TPSA) is 93.6 Å². The summed E-state index contributed by atoms with van der Waals surface area (Å²) in [6, 6.07) is 8.52. The Morgan fingerprint density at radius 1 is 1.02 bits per heavy atom. The van der Waals surface area contributed by atoms with Crippen molar-refractivity contribution in [2.24, 2.45) is 0 Å². The maximum absolute atomic E-state index is 13.3. The van der Waals surface area contributed by atoms with Gasteiger partial charge in [0.2, 0.25) is 5.91 Å². The molecular weight excluding hydrogens is 629 g/mol. The fourth-order valence-corrected chi connectivity index (χ4v) is 6.61. The average molecular weight is 673 g/mol. The molecule has 2 aliphatic rings. The third-order valence-corrected chi connectivity index (χ3v) is 8.86. The van der Waals surface area contributed by atoms with Crippen molar-refractivity contribution in [2.45, 2.75) is 71.3 Å². The highest BCUT2D eigenvalue weighted by Crippen LogP contribution is 2.38. The van der Waals surface area contributed by atoms with E-state index in [1.807, 2.05) is 19.1 Å². The summed E-state index contributed by atoms with van der Waals surface area (Å²) in [6.45, 7) is 9.07. The van der Waals surface area contributed by atoms with E-state index in [0.29, 0.717) is 56.0 Å². The first kappa shape index (κ1) is 35.2. The van der Waals surface area contributed by atoms with Crippen LogP contribution in [0.25, 0.3) is 10.9 Å². The number of carbonyl (C=O) groups excluding carboxylic acids is 3. The minimum atomic E-state index is -4.29. The number of aromatic nitrogens is 1. The maximum Gasteiger partial charge on any atom is 0.419 e. The highest BCUT2D eigenvalue weighted by molar-refractivity contribution is 6.03. The van der Waals surface area contributed by atoms with Gasteiger partial charge in [0.05, 0.1) is 37.4 Å². The molecule has 0 bridgehead atoms. The normalized spacial score (nSPS) is 18.1. The zero-order chi connectivity index (χ0) is 35.0. The zero-order valence-corrected chi connectivity index (χ0v) is 28.3. The highest BCUT2D eigenvalue weighted by Gasteiger charge is 2.35. The molecule has 0 N–H and O–H groups in total. The average Bonchev–Trinajstić information content (AvgIpc) is 3.67. The number of hydrogen-bond acceptors (Lipinski definition) is 8. The number of carbonyl (C=O) groups is 3. The number of benzene rings is 2. The van der Waals surface area contributed by atoms with Crippen LogP contribution in [0.5, 0.6) is 5.75 Å². The Hall–Kier alpha value is -4.10. The number of ether oxygens (including phenoxy) is 3. The number of rotatable bonds is 8. The Bertz CT molecular complexity index is 1700. The molecule has 260 valence electrons. The van der Waals surface area contributed by atoms with E-state index in [9.17, 15) is 27.6 Å². The van der Waals surface area contributed by atoms with Crippen LogP contribution in [0.1, 0.15) is 73.1 Å². The molecule has 0 saturated carbocycles. The second-order valence-corrected chi connectivity index (χ2v) is 13.4. The molecule has 2 saturated heterocycles. The van der Waals surface area contributed by atoms with E-state index in [1.54, 1.807) is 62.1 Å². The molecule has 0 radical (unpaired) electrons. The predicted octanol–water partition coefficient (Wildman–Crippen LogP) is 6.47. The first-order valence-electron chi connectivity index (χ1n) is 16.1. The van der Waals surface area contributed by atoms with Gasteiger partial charge in [-0.25, -0.2) is 9.59 Å². The van der Waals surface area contributed by atoms with Crippen LogP contribution >= 0.6 is 0 Å². The van der Waals surface area contributed by atoms with Crippen molar-refractivity contribution in [1.82, 2.24) is 14.4 Å². The lowest BCUT2D eigenvalue weighted by Gasteiger charge is -2.42. The van der Waals surface area contributed by atoms with E-state index in [4.69, 9.17) is 14.2 Å². The van der Waals surface area contributed by atoms with Gasteiger partial charge in [-0.1, -0.05) is 6.07 Å². The molecule has 0 unspecified atom stereocenters. The van der Waals surface area contributed by atoms with Crippen molar-refractivity contribution in [3.63, 3.8) is 0 Å². The second-order valence-electron chi connectivity index (χ2n) is 13.4. The third-order valence-electron chi connectivity index (χ3n) is 8.86. The van der Waals surface area contributed by atoms with E-state index >= 15 is 0 Å². The summed E-state index contributed by atoms with van der Waals surface area (Å²) >= 11 is 0. The van der Waals surface area contributed by atoms with E-state index in [1.165, 1.54) is 11.7 Å². The van der Waals surface area contributed by atoms with E-state index in [0.717, 1.165) is 22.1 Å². The SMILES string of the molecule is COC(=O)c1ccc([C@H]2CN(CCC(F)(F)F)CCN2Cc2c(OC)cc(C)c3c2ccn3C(=O)OC(C)(C)C)cc1N1CCCC1=O. The van der Waals surface area contributed by atoms with E-state index in [2.05, 4.69) is 4.90 Å². The first-order valence-corrected chi connectivity index (χ1v) is 16.1. The molecule has 3 aromatic rings. The number of methoxy groups -OCH3 is 2. The van der Waals surface area contributed by atoms with Gasteiger partial charge < -0.3 is 19.1 Å². The van der Waals surface area contributed by atoms with Gasteiger partial charge in [-0.3, -0.25) is 19.2 Å². The summed E-state index contributed by atoms with van der Waals surface area (Å²) in [5.74, 6) is -0.0692. The quantitative estimate of drug-likeness (QED) is 0.252. The molecule has 1 aromatic heterocycles. The fraction of sp³-hybridized carbons (Fsp3) is 0.514.